The summed E-state index contributed by atoms with van der Waals surface area (Å²) in [6, 6.07) is 19.0. The number of H-pyrrole nitrogens is 1. The maximum absolute atomic E-state index is 14.2. The number of fused-ring (bicyclic) bond motifs is 1. The Kier molecular flexibility index (Phi) is 6.27. The molecule has 0 spiro atoms. The number of pyridine rings is 2. The Labute approximate surface area is 212 Å². The second kappa shape index (κ2) is 9.84. The molecule has 0 fully saturated rings. The summed E-state index contributed by atoms with van der Waals surface area (Å²) in [4.78, 5) is 25.0. The van der Waals surface area contributed by atoms with Crippen molar-refractivity contribution in [3.8, 4) is 17.6 Å². The van der Waals surface area contributed by atoms with Gasteiger partial charge in [-0.3, -0.25) is 4.79 Å². The predicted octanol–water partition coefficient (Wildman–Crippen LogP) is 4.61. The van der Waals surface area contributed by atoms with Gasteiger partial charge in [0.1, 0.15) is 23.1 Å². The molecule has 0 unspecified atom stereocenters. The molecule has 0 radical (unpaired) electrons. The number of hydrogen-bond acceptors (Lipinski definition) is 5. The number of nitrogens with zero attached hydrogens (tertiary/aromatic N) is 2. The van der Waals surface area contributed by atoms with Gasteiger partial charge in [-0.15, -0.1) is 0 Å². The molecule has 5 rings (SSSR count). The first-order valence-corrected chi connectivity index (χ1v) is 11.4. The lowest BCUT2D eigenvalue weighted by Crippen LogP contribution is -2.30. The normalized spacial score (nSPS) is 11.5. The molecule has 5 aromatic rings. The molecule has 1 amide bonds. The maximum Gasteiger partial charge on any atom is 0.270 e. The largest absolute Gasteiger partial charge is 0.508 e. The zero-order valence-corrected chi connectivity index (χ0v) is 19.8. The van der Waals surface area contributed by atoms with E-state index < -0.39 is 17.8 Å². The van der Waals surface area contributed by atoms with Gasteiger partial charge in [-0.2, -0.15) is 0 Å². The molecule has 182 valence electrons. The number of carbonyl (C=O) groups is 1. The number of aromatic hydroxyl groups is 1. The molecule has 3 aromatic heterocycles. The van der Waals surface area contributed by atoms with Crippen molar-refractivity contribution in [2.75, 3.05) is 5.73 Å². The minimum atomic E-state index is -0.867. The zero-order valence-electron chi connectivity index (χ0n) is 19.8. The highest BCUT2D eigenvalue weighted by atomic mass is 19.1. The monoisotopic (exact) mass is 491 g/mol. The number of aromatic amines is 1. The lowest BCUT2D eigenvalue weighted by molar-refractivity contribution is 0.0936. The molecular formula is C29H22FN5O2. The number of nitrogens with one attached hydrogen (secondary N) is 2. The second-order valence-corrected chi connectivity index (χ2v) is 8.53. The summed E-state index contributed by atoms with van der Waals surface area (Å²) in [6.45, 7) is 1.76. The van der Waals surface area contributed by atoms with E-state index in [1.807, 2.05) is 30.3 Å². The summed E-state index contributed by atoms with van der Waals surface area (Å²) < 4.78 is 14.2. The van der Waals surface area contributed by atoms with Gasteiger partial charge in [-0.05, 0) is 66.9 Å². The summed E-state index contributed by atoms with van der Waals surface area (Å²) >= 11 is 0. The summed E-state index contributed by atoms with van der Waals surface area (Å²) in [5.74, 6) is 5.23. The molecule has 0 aliphatic carbocycles. The number of para-hydroxylation sites is 1. The third-order valence-electron chi connectivity index (χ3n) is 5.76. The number of benzene rings is 2. The number of anilines is 1. The van der Waals surface area contributed by atoms with Crippen molar-refractivity contribution in [3.63, 3.8) is 0 Å². The van der Waals surface area contributed by atoms with Crippen LogP contribution in [0.15, 0.2) is 79.0 Å². The number of amides is 1. The lowest BCUT2D eigenvalue weighted by Gasteiger charge is -2.19. The van der Waals surface area contributed by atoms with Gasteiger partial charge in [0.25, 0.3) is 5.91 Å². The standard InChI is InChI=1S/C29H22FN5O2/c1-17-12-19(7-6-18-8-11-27(31)32-16-18)13-25(33-17)29(37)35-28(22-15-21(30)9-10-26(22)36)24-14-20-4-2-3-5-23(20)34-24/h2-5,8-16,28,34,36H,1H3,(H2,31,32)(H,35,37)/t28-/m0/s1. The van der Waals surface area contributed by atoms with E-state index >= 15 is 0 Å². The number of phenols is 1. The van der Waals surface area contributed by atoms with Crippen molar-refractivity contribution in [1.29, 1.82) is 0 Å². The van der Waals surface area contributed by atoms with Crippen LogP contribution in [0.2, 0.25) is 0 Å². The quantitative estimate of drug-likeness (QED) is 0.274. The number of halogens is 1. The molecule has 0 aliphatic rings. The molecular weight excluding hydrogens is 469 g/mol. The molecule has 8 heteroatoms. The van der Waals surface area contributed by atoms with E-state index in [1.165, 1.54) is 12.1 Å². The number of phenolic OH excluding ortho intramolecular Hbond substituents is 1. The highest BCUT2D eigenvalue weighted by molar-refractivity contribution is 5.93. The summed E-state index contributed by atoms with van der Waals surface area (Å²) in [6.07, 6.45) is 1.57. The molecule has 0 aliphatic heterocycles. The second-order valence-electron chi connectivity index (χ2n) is 8.53. The number of carbonyl (C=O) groups excluding carboxylic acids is 1. The molecule has 2 aromatic carbocycles. The van der Waals surface area contributed by atoms with Gasteiger partial charge in [-0.1, -0.05) is 30.0 Å². The van der Waals surface area contributed by atoms with Gasteiger partial charge in [-0.25, -0.2) is 14.4 Å². The van der Waals surface area contributed by atoms with Crippen LogP contribution in [0.5, 0.6) is 5.75 Å². The van der Waals surface area contributed by atoms with Crippen LogP contribution < -0.4 is 11.1 Å². The fraction of sp³-hybridized carbons (Fsp3) is 0.0690. The average molecular weight is 492 g/mol. The first-order valence-electron chi connectivity index (χ1n) is 11.4. The Hall–Kier alpha value is -5.16. The van der Waals surface area contributed by atoms with Gasteiger partial charge in [0, 0.05) is 39.8 Å². The van der Waals surface area contributed by atoms with E-state index in [0.717, 1.165) is 17.0 Å². The lowest BCUT2D eigenvalue weighted by atomic mass is 10.0. The SMILES string of the molecule is Cc1cc(C#Cc2ccc(N)nc2)cc(C(=O)N[C@H](c2cc3ccccc3[nH]2)c2cc(F)ccc2O)n1. The Morgan fingerprint density at radius 1 is 1.05 bits per heavy atom. The fourth-order valence-electron chi connectivity index (χ4n) is 4.02. The van der Waals surface area contributed by atoms with E-state index in [9.17, 15) is 14.3 Å². The topological polar surface area (TPSA) is 117 Å². The predicted molar refractivity (Wildman–Crippen MR) is 139 cm³/mol. The average Bonchev–Trinajstić information content (AvgIpc) is 3.32. The van der Waals surface area contributed by atoms with Crippen molar-refractivity contribution in [2.24, 2.45) is 0 Å². The molecule has 3 heterocycles. The first-order chi connectivity index (χ1) is 17.9. The van der Waals surface area contributed by atoms with Crippen LogP contribution in [0, 0.1) is 24.6 Å². The van der Waals surface area contributed by atoms with Crippen molar-refractivity contribution in [1.82, 2.24) is 20.3 Å². The third kappa shape index (κ3) is 5.26. The molecule has 5 N–H and O–H groups in total. The minimum absolute atomic E-state index is 0.136. The Morgan fingerprint density at radius 2 is 1.86 bits per heavy atom. The molecule has 0 bridgehead atoms. The summed E-state index contributed by atoms with van der Waals surface area (Å²) in [7, 11) is 0. The van der Waals surface area contributed by atoms with Gasteiger partial charge >= 0.3 is 0 Å². The molecule has 0 saturated carbocycles. The Bertz CT molecular complexity index is 1650. The highest BCUT2D eigenvalue weighted by Crippen LogP contribution is 2.31. The Morgan fingerprint density at radius 3 is 2.65 bits per heavy atom. The maximum atomic E-state index is 14.2. The van der Waals surface area contributed by atoms with Gasteiger partial charge < -0.3 is 21.1 Å². The van der Waals surface area contributed by atoms with Crippen LogP contribution in [0.3, 0.4) is 0 Å². The molecule has 1 atom stereocenters. The van der Waals surface area contributed by atoms with E-state index in [4.69, 9.17) is 5.73 Å². The van der Waals surface area contributed by atoms with Crippen LogP contribution in [0.1, 0.15) is 44.6 Å². The number of rotatable bonds is 4. The van der Waals surface area contributed by atoms with Crippen LogP contribution in [0.25, 0.3) is 10.9 Å². The third-order valence-corrected chi connectivity index (χ3v) is 5.76. The van der Waals surface area contributed by atoms with Crippen LogP contribution in [-0.4, -0.2) is 26.0 Å². The van der Waals surface area contributed by atoms with Gasteiger partial charge in [0.2, 0.25) is 0 Å². The molecule has 37 heavy (non-hydrogen) atoms. The fourth-order valence-corrected chi connectivity index (χ4v) is 4.02. The van der Waals surface area contributed by atoms with Crippen molar-refractivity contribution < 1.29 is 14.3 Å². The smallest absolute Gasteiger partial charge is 0.270 e. The Balaban J connectivity index is 1.50. The summed E-state index contributed by atoms with van der Waals surface area (Å²) in [5.41, 5.74) is 9.26. The van der Waals surface area contributed by atoms with Crippen LogP contribution in [-0.2, 0) is 0 Å². The van der Waals surface area contributed by atoms with Crippen LogP contribution in [0.4, 0.5) is 10.2 Å². The zero-order chi connectivity index (χ0) is 25.9. The first kappa shape index (κ1) is 23.6. The van der Waals surface area contributed by atoms with Gasteiger partial charge in [0.15, 0.2) is 0 Å². The van der Waals surface area contributed by atoms with E-state index in [2.05, 4.69) is 32.1 Å². The van der Waals surface area contributed by atoms with E-state index in [1.54, 1.807) is 37.4 Å². The highest BCUT2D eigenvalue weighted by Gasteiger charge is 2.24. The van der Waals surface area contributed by atoms with Crippen molar-refractivity contribution in [3.05, 3.63) is 119 Å². The van der Waals surface area contributed by atoms with Crippen molar-refractivity contribution >= 4 is 22.6 Å². The van der Waals surface area contributed by atoms with Gasteiger partial charge in [0.05, 0.1) is 6.04 Å². The number of nitrogens with two attached hydrogens (primary N) is 1. The minimum Gasteiger partial charge on any atom is -0.508 e. The molecule has 0 saturated heterocycles. The van der Waals surface area contributed by atoms with E-state index in [-0.39, 0.29) is 17.0 Å². The molecule has 7 nitrogen and oxygen atoms in total. The van der Waals surface area contributed by atoms with Crippen molar-refractivity contribution in [2.45, 2.75) is 13.0 Å². The number of hydrogen-bond donors (Lipinski definition) is 4. The summed E-state index contributed by atoms with van der Waals surface area (Å²) in [5, 5.41) is 14.3. The number of nitrogen functional groups attached to an aromatic ring is 1. The van der Waals surface area contributed by atoms with Crippen LogP contribution >= 0.6 is 0 Å². The van der Waals surface area contributed by atoms with E-state index in [0.29, 0.717) is 28.3 Å². The number of aromatic nitrogens is 3. The number of aryl methyl sites for hydroxylation is 1.